The van der Waals surface area contributed by atoms with E-state index >= 15 is 0 Å². The second kappa shape index (κ2) is 4.14. The van der Waals surface area contributed by atoms with E-state index in [1.54, 1.807) is 18.3 Å². The normalized spacial score (nSPS) is 10.6. The molecule has 0 aliphatic heterocycles. The third kappa shape index (κ3) is 2.26. The van der Waals surface area contributed by atoms with Crippen molar-refractivity contribution in [1.29, 1.82) is 0 Å². The largest absolute Gasteiger partial charge is 0.331 e. The lowest BCUT2D eigenvalue weighted by molar-refractivity contribution is 0.596. The van der Waals surface area contributed by atoms with Crippen molar-refractivity contribution in [1.82, 2.24) is 9.55 Å². The minimum atomic E-state index is -0.189. The van der Waals surface area contributed by atoms with Crippen LogP contribution in [0.5, 0.6) is 0 Å². The Morgan fingerprint density at radius 2 is 2.27 bits per heavy atom. The molecule has 0 N–H and O–H groups in total. The van der Waals surface area contributed by atoms with Gasteiger partial charge >= 0.3 is 0 Å². The standard InChI is InChI=1S/C11H10BrFN2/c1-8-14-4-5-15(8)7-9-6-10(12)2-3-11(9)13/h2-6H,7H2,1H3. The van der Waals surface area contributed by atoms with Crippen molar-refractivity contribution in [2.45, 2.75) is 13.5 Å². The van der Waals surface area contributed by atoms with Gasteiger partial charge in [-0.1, -0.05) is 15.9 Å². The Morgan fingerprint density at radius 1 is 1.47 bits per heavy atom. The molecular formula is C11H10BrFN2. The Hall–Kier alpha value is -1.16. The van der Waals surface area contributed by atoms with Crippen LogP contribution in [0.1, 0.15) is 11.4 Å². The van der Waals surface area contributed by atoms with Crippen LogP contribution in [0.2, 0.25) is 0 Å². The van der Waals surface area contributed by atoms with Gasteiger partial charge in [0.1, 0.15) is 11.6 Å². The van der Waals surface area contributed by atoms with Gasteiger partial charge in [-0.05, 0) is 25.1 Å². The van der Waals surface area contributed by atoms with E-state index in [1.165, 1.54) is 6.07 Å². The molecular weight excluding hydrogens is 259 g/mol. The number of halogens is 2. The lowest BCUT2D eigenvalue weighted by Crippen LogP contribution is -2.02. The number of hydrogen-bond acceptors (Lipinski definition) is 1. The Bertz CT molecular complexity index is 479. The van der Waals surface area contributed by atoms with Crippen LogP contribution in [0.3, 0.4) is 0 Å². The number of imidazole rings is 1. The molecule has 2 nitrogen and oxygen atoms in total. The predicted octanol–water partition coefficient (Wildman–Crippen LogP) is 3.14. The summed E-state index contributed by atoms with van der Waals surface area (Å²) in [5.41, 5.74) is 0.658. The maximum Gasteiger partial charge on any atom is 0.128 e. The van der Waals surface area contributed by atoms with Crippen LogP contribution < -0.4 is 0 Å². The number of aromatic nitrogens is 2. The molecule has 0 radical (unpaired) electrons. The summed E-state index contributed by atoms with van der Waals surface area (Å²) in [5, 5.41) is 0. The molecule has 1 heterocycles. The molecule has 15 heavy (non-hydrogen) atoms. The average Bonchev–Trinajstić information content (AvgIpc) is 2.58. The highest BCUT2D eigenvalue weighted by molar-refractivity contribution is 9.10. The SMILES string of the molecule is Cc1nccn1Cc1cc(Br)ccc1F. The van der Waals surface area contributed by atoms with E-state index in [4.69, 9.17) is 0 Å². The monoisotopic (exact) mass is 268 g/mol. The zero-order valence-electron chi connectivity index (χ0n) is 8.24. The number of nitrogens with zero attached hydrogens (tertiary/aromatic N) is 2. The predicted molar refractivity (Wildman–Crippen MR) is 60.2 cm³/mol. The van der Waals surface area contributed by atoms with Gasteiger partial charge in [-0.3, -0.25) is 0 Å². The molecule has 2 rings (SSSR count). The maximum absolute atomic E-state index is 13.4. The number of hydrogen-bond donors (Lipinski definition) is 0. The number of aryl methyl sites for hydroxylation is 1. The molecule has 0 spiro atoms. The van der Waals surface area contributed by atoms with Gasteiger partial charge in [-0.2, -0.15) is 0 Å². The van der Waals surface area contributed by atoms with Crippen LogP contribution in [0.4, 0.5) is 4.39 Å². The highest BCUT2D eigenvalue weighted by Gasteiger charge is 2.04. The quantitative estimate of drug-likeness (QED) is 0.819. The Kier molecular flexibility index (Phi) is 2.86. The molecule has 0 fully saturated rings. The highest BCUT2D eigenvalue weighted by Crippen LogP contribution is 2.16. The van der Waals surface area contributed by atoms with E-state index in [2.05, 4.69) is 20.9 Å². The van der Waals surface area contributed by atoms with E-state index in [0.717, 1.165) is 10.3 Å². The molecule has 1 aromatic carbocycles. The van der Waals surface area contributed by atoms with Crippen molar-refractivity contribution in [2.75, 3.05) is 0 Å². The van der Waals surface area contributed by atoms with Gasteiger partial charge in [-0.25, -0.2) is 9.37 Å². The lowest BCUT2D eigenvalue weighted by Gasteiger charge is -2.06. The first-order chi connectivity index (χ1) is 7.16. The molecule has 0 amide bonds. The van der Waals surface area contributed by atoms with Crippen LogP contribution in [0.25, 0.3) is 0 Å². The smallest absolute Gasteiger partial charge is 0.128 e. The fourth-order valence-corrected chi connectivity index (χ4v) is 1.83. The van der Waals surface area contributed by atoms with Crippen molar-refractivity contribution in [3.05, 3.63) is 52.3 Å². The molecule has 1 aromatic heterocycles. The van der Waals surface area contributed by atoms with Crippen LogP contribution in [0.15, 0.2) is 35.1 Å². The third-order valence-electron chi connectivity index (χ3n) is 2.27. The van der Waals surface area contributed by atoms with Gasteiger partial charge in [0.15, 0.2) is 0 Å². The van der Waals surface area contributed by atoms with Gasteiger partial charge in [-0.15, -0.1) is 0 Å². The zero-order valence-corrected chi connectivity index (χ0v) is 9.83. The summed E-state index contributed by atoms with van der Waals surface area (Å²) >= 11 is 3.33. The molecule has 78 valence electrons. The third-order valence-corrected chi connectivity index (χ3v) is 2.77. The second-order valence-electron chi connectivity index (χ2n) is 3.34. The average molecular weight is 269 g/mol. The molecule has 0 bridgehead atoms. The first kappa shape index (κ1) is 10.4. The van der Waals surface area contributed by atoms with Crippen molar-refractivity contribution >= 4 is 15.9 Å². The molecule has 0 aliphatic carbocycles. The summed E-state index contributed by atoms with van der Waals surface area (Å²) in [5.74, 6) is 0.695. The lowest BCUT2D eigenvalue weighted by atomic mass is 10.2. The fraction of sp³-hybridized carbons (Fsp3) is 0.182. The maximum atomic E-state index is 13.4. The molecule has 0 aliphatic rings. The van der Waals surface area contributed by atoms with Gasteiger partial charge in [0, 0.05) is 22.4 Å². The van der Waals surface area contributed by atoms with Crippen LogP contribution in [-0.4, -0.2) is 9.55 Å². The minimum absolute atomic E-state index is 0.189. The van der Waals surface area contributed by atoms with Gasteiger partial charge in [0.2, 0.25) is 0 Å². The summed E-state index contributed by atoms with van der Waals surface area (Å²) in [6.45, 7) is 2.41. The van der Waals surface area contributed by atoms with Crippen molar-refractivity contribution < 1.29 is 4.39 Å². The van der Waals surface area contributed by atoms with Crippen LogP contribution in [0, 0.1) is 12.7 Å². The van der Waals surface area contributed by atoms with E-state index in [0.29, 0.717) is 12.1 Å². The van der Waals surface area contributed by atoms with Crippen molar-refractivity contribution in [2.24, 2.45) is 0 Å². The molecule has 4 heteroatoms. The van der Waals surface area contributed by atoms with Gasteiger partial charge < -0.3 is 4.57 Å². The fourth-order valence-electron chi connectivity index (χ4n) is 1.42. The summed E-state index contributed by atoms with van der Waals surface area (Å²) in [7, 11) is 0. The van der Waals surface area contributed by atoms with Gasteiger partial charge in [0.05, 0.1) is 6.54 Å². The summed E-state index contributed by atoms with van der Waals surface area (Å²) in [4.78, 5) is 4.09. The van der Waals surface area contributed by atoms with E-state index < -0.39 is 0 Å². The topological polar surface area (TPSA) is 17.8 Å². The molecule has 2 aromatic rings. The second-order valence-corrected chi connectivity index (χ2v) is 4.25. The number of benzene rings is 1. The first-order valence-corrected chi connectivity index (χ1v) is 5.38. The molecule has 0 atom stereocenters. The summed E-state index contributed by atoms with van der Waals surface area (Å²) < 4.78 is 16.2. The van der Waals surface area contributed by atoms with E-state index in [1.807, 2.05) is 17.7 Å². The highest BCUT2D eigenvalue weighted by atomic mass is 79.9. The Labute approximate surface area is 95.9 Å². The summed E-state index contributed by atoms with van der Waals surface area (Å²) in [6, 6.07) is 4.94. The zero-order chi connectivity index (χ0) is 10.8. The molecule has 0 saturated carbocycles. The number of rotatable bonds is 2. The van der Waals surface area contributed by atoms with Crippen LogP contribution >= 0.6 is 15.9 Å². The van der Waals surface area contributed by atoms with Gasteiger partial charge in [0.25, 0.3) is 0 Å². The Morgan fingerprint density at radius 3 is 2.93 bits per heavy atom. The first-order valence-electron chi connectivity index (χ1n) is 4.58. The van der Waals surface area contributed by atoms with E-state index in [9.17, 15) is 4.39 Å². The van der Waals surface area contributed by atoms with E-state index in [-0.39, 0.29) is 5.82 Å². The van der Waals surface area contributed by atoms with Crippen molar-refractivity contribution in [3.8, 4) is 0 Å². The molecule has 0 unspecified atom stereocenters. The Balaban J connectivity index is 2.32. The summed E-state index contributed by atoms with van der Waals surface area (Å²) in [6.07, 6.45) is 3.56. The molecule has 0 saturated heterocycles. The van der Waals surface area contributed by atoms with Crippen molar-refractivity contribution in [3.63, 3.8) is 0 Å². The van der Waals surface area contributed by atoms with Crippen LogP contribution in [-0.2, 0) is 6.54 Å². The minimum Gasteiger partial charge on any atom is -0.331 e.